The van der Waals surface area contributed by atoms with Crippen molar-refractivity contribution in [1.29, 1.82) is 0 Å². The van der Waals surface area contributed by atoms with E-state index in [2.05, 4.69) is 26.0 Å². The molecule has 10 heteroatoms. The highest BCUT2D eigenvalue weighted by atomic mass is 31.2. The van der Waals surface area contributed by atoms with Gasteiger partial charge in [-0.25, -0.2) is 0 Å². The SMILES string of the molecule is CCCCCCCC/C=C\CCCCCCCC(=O)OCC(COP(=O)([O-])OCC[N+](C)(C)C)OC(=O)CCCCCCCCCCCCCCCCC. The highest BCUT2D eigenvalue weighted by Crippen LogP contribution is 2.38. The van der Waals surface area contributed by atoms with Crippen molar-refractivity contribution in [3.05, 3.63) is 12.2 Å². The first-order chi connectivity index (χ1) is 26.0. The van der Waals surface area contributed by atoms with Gasteiger partial charge >= 0.3 is 11.9 Å². The molecule has 0 aliphatic heterocycles. The van der Waals surface area contributed by atoms with Gasteiger partial charge in [0.05, 0.1) is 27.7 Å². The first-order valence-electron chi connectivity index (χ1n) is 22.4. The standard InChI is InChI=1S/C44H86NO8P/c1-6-8-10-12-14-16-18-20-22-24-26-28-30-32-34-36-43(46)50-40-42(41-52-54(48,49)51-39-38-45(3,4)5)53-44(47)37-35-33-31-29-27-25-23-21-19-17-15-13-11-9-7-2/h20,22,42H,6-19,21,23-41H2,1-5H3/b22-20-. The number of phosphoric acid groups is 1. The van der Waals surface area contributed by atoms with Gasteiger partial charge in [0.25, 0.3) is 7.82 Å². The summed E-state index contributed by atoms with van der Waals surface area (Å²) in [7, 11) is 1.17. The van der Waals surface area contributed by atoms with Crippen LogP contribution < -0.4 is 4.89 Å². The van der Waals surface area contributed by atoms with E-state index in [1.807, 2.05) is 21.1 Å². The summed E-state index contributed by atoms with van der Waals surface area (Å²) in [5.74, 6) is -0.834. The molecule has 0 aliphatic carbocycles. The molecule has 0 N–H and O–H groups in total. The summed E-state index contributed by atoms with van der Waals surface area (Å²) in [4.78, 5) is 37.5. The number of hydrogen-bond acceptors (Lipinski definition) is 8. The van der Waals surface area contributed by atoms with Gasteiger partial charge in [-0.05, 0) is 38.5 Å². The predicted molar refractivity (Wildman–Crippen MR) is 222 cm³/mol. The monoisotopic (exact) mass is 788 g/mol. The minimum atomic E-state index is -4.62. The van der Waals surface area contributed by atoms with Gasteiger partial charge in [0.15, 0.2) is 6.10 Å². The van der Waals surface area contributed by atoms with Gasteiger partial charge in [0.2, 0.25) is 0 Å². The fourth-order valence-electron chi connectivity index (χ4n) is 6.24. The Morgan fingerprint density at radius 3 is 1.37 bits per heavy atom. The van der Waals surface area contributed by atoms with Crippen molar-refractivity contribution in [2.75, 3.05) is 47.5 Å². The second-order valence-electron chi connectivity index (χ2n) is 16.4. The molecule has 0 heterocycles. The Balaban J connectivity index is 4.34. The van der Waals surface area contributed by atoms with Crippen LogP contribution in [-0.2, 0) is 32.7 Å². The molecule has 0 amide bonds. The third-order valence-corrected chi connectivity index (χ3v) is 10.7. The number of carbonyl (C=O) groups excluding carboxylic acids is 2. The van der Waals surface area contributed by atoms with Crippen molar-refractivity contribution in [3.8, 4) is 0 Å². The fourth-order valence-corrected chi connectivity index (χ4v) is 6.97. The summed E-state index contributed by atoms with van der Waals surface area (Å²) in [5, 5.41) is 0. The molecule has 2 atom stereocenters. The van der Waals surface area contributed by atoms with E-state index >= 15 is 0 Å². The van der Waals surface area contributed by atoms with Crippen molar-refractivity contribution in [2.45, 2.75) is 213 Å². The van der Waals surface area contributed by atoms with Crippen LogP contribution in [-0.4, -0.2) is 70.0 Å². The Kier molecular flexibility index (Phi) is 36.5. The van der Waals surface area contributed by atoms with Gasteiger partial charge in [0.1, 0.15) is 19.8 Å². The minimum absolute atomic E-state index is 0.0289. The van der Waals surface area contributed by atoms with Crippen LogP contribution in [0, 0.1) is 0 Å². The molecule has 0 aromatic rings. The zero-order chi connectivity index (χ0) is 40.0. The third-order valence-electron chi connectivity index (χ3n) is 9.79. The summed E-state index contributed by atoms with van der Waals surface area (Å²) >= 11 is 0. The Morgan fingerprint density at radius 1 is 0.556 bits per heavy atom. The third kappa shape index (κ3) is 40.4. The molecule has 0 fully saturated rings. The molecule has 0 spiro atoms. The van der Waals surface area contributed by atoms with Gasteiger partial charge in [-0.2, -0.15) is 0 Å². The number of unbranched alkanes of at least 4 members (excludes halogenated alkanes) is 25. The van der Waals surface area contributed by atoms with Gasteiger partial charge in [-0.15, -0.1) is 0 Å². The highest BCUT2D eigenvalue weighted by Gasteiger charge is 2.21. The largest absolute Gasteiger partial charge is 0.756 e. The molecular weight excluding hydrogens is 701 g/mol. The fraction of sp³-hybridized carbons (Fsp3) is 0.909. The molecule has 0 saturated heterocycles. The first kappa shape index (κ1) is 52.8. The Hall–Kier alpha value is -1.25. The molecular formula is C44H86NO8P. The van der Waals surface area contributed by atoms with Gasteiger partial charge < -0.3 is 27.9 Å². The molecule has 0 aliphatic rings. The van der Waals surface area contributed by atoms with Crippen LogP contribution in [0.2, 0.25) is 0 Å². The average molecular weight is 788 g/mol. The van der Waals surface area contributed by atoms with Crippen molar-refractivity contribution in [2.24, 2.45) is 0 Å². The van der Waals surface area contributed by atoms with Crippen LogP contribution in [0.5, 0.6) is 0 Å². The number of likely N-dealkylation sites (N-methyl/N-ethyl adjacent to an activating group) is 1. The average Bonchev–Trinajstić information content (AvgIpc) is 3.12. The van der Waals surface area contributed by atoms with E-state index in [-0.39, 0.29) is 32.0 Å². The molecule has 320 valence electrons. The summed E-state index contributed by atoms with van der Waals surface area (Å²) in [6, 6.07) is 0. The van der Waals surface area contributed by atoms with E-state index in [4.69, 9.17) is 18.5 Å². The maximum atomic E-state index is 12.7. The zero-order valence-electron chi connectivity index (χ0n) is 35.9. The Morgan fingerprint density at radius 2 is 0.944 bits per heavy atom. The van der Waals surface area contributed by atoms with E-state index in [1.165, 1.54) is 122 Å². The second kappa shape index (κ2) is 37.3. The molecule has 0 bridgehead atoms. The lowest BCUT2D eigenvalue weighted by Crippen LogP contribution is -2.37. The van der Waals surface area contributed by atoms with Crippen molar-refractivity contribution in [3.63, 3.8) is 0 Å². The number of esters is 2. The van der Waals surface area contributed by atoms with Crippen LogP contribution >= 0.6 is 7.82 Å². The van der Waals surface area contributed by atoms with Crippen LogP contribution in [0.3, 0.4) is 0 Å². The molecule has 0 aromatic carbocycles. The maximum Gasteiger partial charge on any atom is 0.306 e. The van der Waals surface area contributed by atoms with Crippen molar-refractivity contribution >= 4 is 19.8 Å². The summed E-state index contributed by atoms with van der Waals surface area (Å²) in [6.07, 6.45) is 38.0. The van der Waals surface area contributed by atoms with Gasteiger partial charge in [-0.1, -0.05) is 167 Å². The molecule has 0 saturated carbocycles. The number of allylic oxidation sites excluding steroid dienone is 2. The van der Waals surface area contributed by atoms with E-state index in [9.17, 15) is 19.0 Å². The lowest BCUT2D eigenvalue weighted by atomic mass is 10.0. The van der Waals surface area contributed by atoms with E-state index < -0.39 is 26.5 Å². The smallest absolute Gasteiger partial charge is 0.306 e. The van der Waals surface area contributed by atoms with Crippen LogP contribution in [0.25, 0.3) is 0 Å². The van der Waals surface area contributed by atoms with E-state index in [0.717, 1.165) is 51.4 Å². The number of rotatable bonds is 41. The molecule has 0 radical (unpaired) electrons. The normalized spacial score (nSPS) is 13.7. The molecule has 2 unspecified atom stereocenters. The van der Waals surface area contributed by atoms with Crippen LogP contribution in [0.1, 0.15) is 206 Å². The highest BCUT2D eigenvalue weighted by molar-refractivity contribution is 7.45. The lowest BCUT2D eigenvalue weighted by molar-refractivity contribution is -0.870. The number of quaternary nitrogens is 1. The van der Waals surface area contributed by atoms with Crippen LogP contribution in [0.15, 0.2) is 12.2 Å². The zero-order valence-corrected chi connectivity index (χ0v) is 36.8. The second-order valence-corrected chi connectivity index (χ2v) is 17.8. The van der Waals surface area contributed by atoms with Gasteiger partial charge in [0, 0.05) is 12.8 Å². The Labute approximate surface area is 333 Å². The quantitative estimate of drug-likeness (QED) is 0.0198. The first-order valence-corrected chi connectivity index (χ1v) is 23.9. The molecule has 0 rings (SSSR count). The molecule has 9 nitrogen and oxygen atoms in total. The number of nitrogens with zero attached hydrogens (tertiary/aromatic N) is 1. The van der Waals surface area contributed by atoms with Crippen molar-refractivity contribution < 1.29 is 42.1 Å². The van der Waals surface area contributed by atoms with Gasteiger partial charge in [-0.3, -0.25) is 14.2 Å². The summed E-state index contributed by atoms with van der Waals surface area (Å²) in [5.41, 5.74) is 0. The predicted octanol–water partition coefficient (Wildman–Crippen LogP) is 11.9. The maximum absolute atomic E-state index is 12.7. The van der Waals surface area contributed by atoms with Crippen molar-refractivity contribution in [1.82, 2.24) is 0 Å². The summed E-state index contributed by atoms with van der Waals surface area (Å²) < 4.78 is 33.9. The summed E-state index contributed by atoms with van der Waals surface area (Å²) in [6.45, 7) is 4.23. The number of ether oxygens (including phenoxy) is 2. The van der Waals surface area contributed by atoms with E-state index in [1.54, 1.807) is 0 Å². The number of carbonyl (C=O) groups is 2. The minimum Gasteiger partial charge on any atom is -0.756 e. The number of hydrogen-bond donors (Lipinski definition) is 0. The van der Waals surface area contributed by atoms with Crippen LogP contribution in [0.4, 0.5) is 0 Å². The number of phosphoric ester groups is 1. The molecule has 0 aromatic heterocycles. The Bertz CT molecular complexity index is 938. The lowest BCUT2D eigenvalue weighted by Gasteiger charge is -2.28. The topological polar surface area (TPSA) is 111 Å². The van der Waals surface area contributed by atoms with E-state index in [0.29, 0.717) is 17.4 Å². The molecule has 54 heavy (non-hydrogen) atoms.